The minimum atomic E-state index is -0.203. The highest BCUT2D eigenvalue weighted by atomic mass is 79.9. The van der Waals surface area contributed by atoms with Crippen molar-refractivity contribution in [2.24, 2.45) is 5.92 Å². The van der Waals surface area contributed by atoms with Gasteiger partial charge in [-0.25, -0.2) is 0 Å². The summed E-state index contributed by atoms with van der Waals surface area (Å²) in [6.07, 6.45) is 5.15. The van der Waals surface area contributed by atoms with E-state index in [2.05, 4.69) is 31.9 Å². The summed E-state index contributed by atoms with van der Waals surface area (Å²) in [5, 5.41) is 9.07. The lowest BCUT2D eigenvalue weighted by Gasteiger charge is -2.28. The smallest absolute Gasteiger partial charge is 0.243 e. The quantitative estimate of drug-likeness (QED) is 0.735. The third-order valence-corrected chi connectivity index (χ3v) is 5.15. The van der Waals surface area contributed by atoms with Crippen molar-refractivity contribution in [3.05, 3.63) is 28.7 Å². The Bertz CT molecular complexity index is 564. The van der Waals surface area contributed by atoms with Gasteiger partial charge in [-0.3, -0.25) is 9.59 Å². The Labute approximate surface area is 144 Å². The van der Waals surface area contributed by atoms with Gasteiger partial charge in [0.25, 0.3) is 0 Å². The Morgan fingerprint density at radius 1 is 1.09 bits per heavy atom. The van der Waals surface area contributed by atoms with E-state index in [0.717, 1.165) is 23.0 Å². The minimum absolute atomic E-state index is 0.0206. The number of amides is 2. The lowest BCUT2D eigenvalue weighted by Crippen LogP contribution is -2.40. The van der Waals surface area contributed by atoms with Gasteiger partial charge in [0, 0.05) is 28.7 Å². The number of anilines is 1. The molecule has 2 fully saturated rings. The van der Waals surface area contributed by atoms with Gasteiger partial charge in [0.05, 0.1) is 6.54 Å². The summed E-state index contributed by atoms with van der Waals surface area (Å²) < 4.78 is 0.958. The first kappa shape index (κ1) is 16.5. The van der Waals surface area contributed by atoms with Crippen molar-refractivity contribution in [1.29, 1.82) is 0 Å². The van der Waals surface area contributed by atoms with E-state index in [1.807, 2.05) is 24.3 Å². The summed E-state index contributed by atoms with van der Waals surface area (Å²) >= 11 is 3.35. The van der Waals surface area contributed by atoms with Crippen LogP contribution >= 0.6 is 15.9 Å². The van der Waals surface area contributed by atoms with E-state index in [1.165, 1.54) is 12.8 Å². The molecule has 0 saturated carbocycles. The highest BCUT2D eigenvalue weighted by molar-refractivity contribution is 9.10. The molecular formula is C17H22BrN3O2. The number of hydrogen-bond donors (Lipinski definition) is 3. The maximum absolute atomic E-state index is 12.0. The number of fused-ring (bicyclic) bond motifs is 2. The van der Waals surface area contributed by atoms with Crippen LogP contribution in [-0.4, -0.2) is 30.4 Å². The molecule has 2 saturated heterocycles. The van der Waals surface area contributed by atoms with Gasteiger partial charge < -0.3 is 16.0 Å². The lowest BCUT2D eigenvalue weighted by molar-refractivity contribution is -0.125. The molecule has 2 aliphatic heterocycles. The molecule has 0 aliphatic carbocycles. The molecule has 6 heteroatoms. The molecule has 2 heterocycles. The van der Waals surface area contributed by atoms with Crippen molar-refractivity contribution in [3.8, 4) is 0 Å². The molecular weight excluding hydrogens is 358 g/mol. The molecule has 3 N–H and O–H groups in total. The topological polar surface area (TPSA) is 70.2 Å². The first-order chi connectivity index (χ1) is 11.1. The first-order valence-electron chi connectivity index (χ1n) is 8.16. The molecule has 124 valence electrons. The van der Waals surface area contributed by atoms with Crippen LogP contribution < -0.4 is 16.0 Å². The van der Waals surface area contributed by atoms with Crippen molar-refractivity contribution in [2.75, 3.05) is 11.9 Å². The summed E-state index contributed by atoms with van der Waals surface area (Å²) in [4.78, 5) is 23.9. The molecule has 2 atom stereocenters. The van der Waals surface area contributed by atoms with Crippen molar-refractivity contribution >= 4 is 33.4 Å². The van der Waals surface area contributed by atoms with E-state index < -0.39 is 0 Å². The molecule has 2 unspecified atom stereocenters. The largest absolute Gasteiger partial charge is 0.347 e. The van der Waals surface area contributed by atoms with Crippen molar-refractivity contribution < 1.29 is 9.59 Å². The standard InChI is InChI=1S/C17H22BrN3O2/c18-12-1-3-13(4-2-12)21-17(23)10-19-16(22)9-11-7-14-5-6-15(8-11)20-14/h1-4,11,14-15,20H,5-10H2,(H,19,22)(H,21,23). The lowest BCUT2D eigenvalue weighted by atomic mass is 9.89. The van der Waals surface area contributed by atoms with Gasteiger partial charge >= 0.3 is 0 Å². The zero-order valence-corrected chi connectivity index (χ0v) is 14.6. The van der Waals surface area contributed by atoms with Gasteiger partial charge in [-0.15, -0.1) is 0 Å². The van der Waals surface area contributed by atoms with Gasteiger partial charge in [0.1, 0.15) is 0 Å². The first-order valence-corrected chi connectivity index (χ1v) is 8.96. The van der Waals surface area contributed by atoms with Gasteiger partial charge in [-0.1, -0.05) is 15.9 Å². The molecule has 2 bridgehead atoms. The zero-order chi connectivity index (χ0) is 16.2. The van der Waals surface area contributed by atoms with E-state index >= 15 is 0 Å². The van der Waals surface area contributed by atoms with E-state index in [4.69, 9.17) is 0 Å². The molecule has 1 aromatic rings. The molecule has 2 amide bonds. The Morgan fingerprint density at radius 3 is 2.39 bits per heavy atom. The van der Waals surface area contributed by atoms with Crippen molar-refractivity contribution in [2.45, 2.75) is 44.2 Å². The fraction of sp³-hybridized carbons (Fsp3) is 0.529. The fourth-order valence-electron chi connectivity index (χ4n) is 3.59. The highest BCUT2D eigenvalue weighted by Crippen LogP contribution is 2.32. The SMILES string of the molecule is O=C(CC1CC2CCC(C1)N2)NCC(=O)Nc1ccc(Br)cc1. The molecule has 2 aliphatic rings. The normalized spacial score (nSPS) is 25.9. The number of carbonyl (C=O) groups is 2. The summed E-state index contributed by atoms with van der Waals surface area (Å²) in [6.45, 7) is 0.0206. The second-order valence-electron chi connectivity index (χ2n) is 6.51. The van der Waals surface area contributed by atoms with Crippen LogP contribution in [0.1, 0.15) is 32.1 Å². The van der Waals surface area contributed by atoms with Gasteiger partial charge in [-0.2, -0.15) is 0 Å². The number of halogens is 1. The fourth-order valence-corrected chi connectivity index (χ4v) is 3.86. The molecule has 0 aromatic heterocycles. The van der Waals surface area contributed by atoms with Crippen LogP contribution in [0, 0.1) is 5.92 Å². The number of benzene rings is 1. The number of carbonyl (C=O) groups excluding carboxylic acids is 2. The van der Waals surface area contributed by atoms with Crippen molar-refractivity contribution in [3.63, 3.8) is 0 Å². The maximum Gasteiger partial charge on any atom is 0.243 e. The summed E-state index contributed by atoms with van der Waals surface area (Å²) in [5.41, 5.74) is 0.724. The van der Waals surface area contributed by atoms with Crippen LogP contribution in [0.3, 0.4) is 0 Å². The second kappa shape index (κ2) is 7.45. The average Bonchev–Trinajstić information content (AvgIpc) is 2.86. The van der Waals surface area contributed by atoms with Crippen LogP contribution in [0.2, 0.25) is 0 Å². The molecule has 23 heavy (non-hydrogen) atoms. The monoisotopic (exact) mass is 379 g/mol. The second-order valence-corrected chi connectivity index (χ2v) is 7.43. The molecule has 3 rings (SSSR count). The third-order valence-electron chi connectivity index (χ3n) is 4.62. The van der Waals surface area contributed by atoms with Crippen LogP contribution in [0.25, 0.3) is 0 Å². The average molecular weight is 380 g/mol. The van der Waals surface area contributed by atoms with E-state index in [-0.39, 0.29) is 18.4 Å². The van der Waals surface area contributed by atoms with Crippen LogP contribution in [-0.2, 0) is 9.59 Å². The Morgan fingerprint density at radius 2 is 1.74 bits per heavy atom. The molecule has 0 spiro atoms. The maximum atomic E-state index is 12.0. The van der Waals surface area contributed by atoms with E-state index in [1.54, 1.807) is 0 Å². The molecule has 5 nitrogen and oxygen atoms in total. The van der Waals surface area contributed by atoms with Gasteiger partial charge in [-0.05, 0) is 55.9 Å². The van der Waals surface area contributed by atoms with E-state index in [0.29, 0.717) is 24.4 Å². The molecule has 0 radical (unpaired) electrons. The van der Waals surface area contributed by atoms with E-state index in [9.17, 15) is 9.59 Å². The summed E-state index contributed by atoms with van der Waals surface area (Å²) in [7, 11) is 0. The zero-order valence-electron chi connectivity index (χ0n) is 13.0. The number of nitrogens with one attached hydrogen (secondary N) is 3. The van der Waals surface area contributed by atoms with Gasteiger partial charge in [0.2, 0.25) is 11.8 Å². The number of hydrogen-bond acceptors (Lipinski definition) is 3. The Balaban J connectivity index is 1.38. The predicted octanol–water partition coefficient (Wildman–Crippen LogP) is 2.42. The van der Waals surface area contributed by atoms with Crippen molar-refractivity contribution in [1.82, 2.24) is 10.6 Å². The van der Waals surface area contributed by atoms with Crippen LogP contribution in [0.5, 0.6) is 0 Å². The Kier molecular flexibility index (Phi) is 5.33. The minimum Gasteiger partial charge on any atom is -0.347 e. The number of rotatable bonds is 5. The highest BCUT2D eigenvalue weighted by Gasteiger charge is 2.34. The summed E-state index contributed by atoms with van der Waals surface area (Å²) in [6, 6.07) is 8.53. The van der Waals surface area contributed by atoms with Crippen LogP contribution in [0.4, 0.5) is 5.69 Å². The van der Waals surface area contributed by atoms with Gasteiger partial charge in [0.15, 0.2) is 0 Å². The van der Waals surface area contributed by atoms with Crippen LogP contribution in [0.15, 0.2) is 28.7 Å². The summed E-state index contributed by atoms with van der Waals surface area (Å²) in [5.74, 6) is 0.219. The third kappa shape index (κ3) is 4.78. The molecule has 1 aromatic carbocycles. The predicted molar refractivity (Wildman–Crippen MR) is 93.1 cm³/mol. The Hall–Kier alpha value is -1.40. The number of piperidine rings is 1.